The van der Waals surface area contributed by atoms with Gasteiger partial charge in [-0.3, -0.25) is 10.2 Å². The SMILES string of the molecule is C[C@@H](Oc1nc(-c2ccc3c(c2)N(C)C(=O)C32CC2)cc2ncn(C3CC3)c12)[C@H]1CNC(=N)C1. The predicted molar refractivity (Wildman–Crippen MR) is 129 cm³/mol. The topological polar surface area (TPSA) is 96.1 Å². The number of likely N-dealkylation sites (N-methyl/N-ethyl adjacent to an activating group) is 1. The molecule has 2 aliphatic carbocycles. The van der Waals surface area contributed by atoms with E-state index in [0.717, 1.165) is 65.8 Å². The van der Waals surface area contributed by atoms with Crippen LogP contribution in [0.25, 0.3) is 22.3 Å². The van der Waals surface area contributed by atoms with Gasteiger partial charge in [-0.15, -0.1) is 0 Å². The number of imidazole rings is 1. The van der Waals surface area contributed by atoms with Crippen molar-refractivity contribution < 1.29 is 9.53 Å². The largest absolute Gasteiger partial charge is 0.473 e. The normalized spacial score (nSPS) is 23.5. The zero-order valence-electron chi connectivity index (χ0n) is 19.5. The van der Waals surface area contributed by atoms with Crippen molar-refractivity contribution in [3.63, 3.8) is 0 Å². The highest BCUT2D eigenvalue weighted by Crippen LogP contribution is 2.57. The second kappa shape index (κ2) is 6.81. The van der Waals surface area contributed by atoms with E-state index < -0.39 is 0 Å². The maximum atomic E-state index is 12.8. The number of carbonyl (C=O) groups is 1. The molecule has 0 unspecified atom stereocenters. The number of ether oxygens (including phenoxy) is 1. The van der Waals surface area contributed by atoms with Crippen molar-refractivity contribution in [1.82, 2.24) is 19.9 Å². The number of nitrogens with zero attached hydrogens (tertiary/aromatic N) is 4. The van der Waals surface area contributed by atoms with Gasteiger partial charge < -0.3 is 19.5 Å². The minimum absolute atomic E-state index is 0.0812. The standard InChI is InChI=1S/C26H28N6O2/c1-14(16-10-22(27)28-12-16)34-24-23-20(29-13-32(23)17-4-5-17)11-19(30-24)15-3-6-18-21(9-15)31(2)25(33)26(18)7-8-26/h3,6,9,11,13-14,16-17H,4-5,7-8,10,12H2,1-2H3,(H2,27,28)/t14-,16-/m1/s1. The molecule has 2 N–H and O–H groups in total. The maximum absolute atomic E-state index is 12.8. The van der Waals surface area contributed by atoms with Crippen LogP contribution >= 0.6 is 0 Å². The van der Waals surface area contributed by atoms with Gasteiger partial charge in [0.2, 0.25) is 11.8 Å². The molecule has 2 saturated carbocycles. The van der Waals surface area contributed by atoms with Crippen molar-refractivity contribution in [2.24, 2.45) is 5.92 Å². The number of carbonyl (C=O) groups excluding carboxylic acids is 1. The summed E-state index contributed by atoms with van der Waals surface area (Å²) in [6.07, 6.45) is 6.70. The molecule has 4 heterocycles. The third-order valence-corrected chi connectivity index (χ3v) is 8.10. The first-order valence-electron chi connectivity index (χ1n) is 12.2. The first-order valence-corrected chi connectivity index (χ1v) is 12.2. The molecular formula is C26H28N6O2. The molecule has 2 atom stereocenters. The van der Waals surface area contributed by atoms with Gasteiger partial charge in [-0.05, 0) is 50.3 Å². The van der Waals surface area contributed by atoms with Crippen LogP contribution in [0.1, 0.15) is 50.6 Å². The average molecular weight is 457 g/mol. The molecule has 2 aromatic heterocycles. The lowest BCUT2D eigenvalue weighted by Gasteiger charge is -2.20. The quantitative estimate of drug-likeness (QED) is 0.609. The molecule has 7 rings (SSSR count). The highest BCUT2D eigenvalue weighted by molar-refractivity contribution is 6.10. The molecule has 0 bridgehead atoms. The van der Waals surface area contributed by atoms with Crippen LogP contribution in [0.4, 0.5) is 5.69 Å². The van der Waals surface area contributed by atoms with E-state index in [2.05, 4.69) is 35.0 Å². The number of aromatic nitrogens is 3. The molecule has 174 valence electrons. The number of nitrogens with one attached hydrogen (secondary N) is 2. The lowest BCUT2D eigenvalue weighted by Crippen LogP contribution is -2.27. The monoisotopic (exact) mass is 456 g/mol. The van der Waals surface area contributed by atoms with Crippen LogP contribution < -0.4 is 15.0 Å². The summed E-state index contributed by atoms with van der Waals surface area (Å²) in [5.41, 5.74) is 5.43. The summed E-state index contributed by atoms with van der Waals surface area (Å²) in [4.78, 5) is 24.3. The van der Waals surface area contributed by atoms with Gasteiger partial charge >= 0.3 is 0 Å². The second-order valence-corrected chi connectivity index (χ2v) is 10.4. The van der Waals surface area contributed by atoms with Gasteiger partial charge in [0, 0.05) is 43.2 Å². The Labute approximate surface area is 197 Å². The number of amides is 1. The molecule has 1 spiro atoms. The van der Waals surface area contributed by atoms with E-state index in [0.29, 0.717) is 24.2 Å². The Morgan fingerprint density at radius 3 is 2.79 bits per heavy atom. The molecule has 3 fully saturated rings. The summed E-state index contributed by atoms with van der Waals surface area (Å²) in [5.74, 6) is 1.62. The van der Waals surface area contributed by atoms with E-state index in [9.17, 15) is 4.79 Å². The van der Waals surface area contributed by atoms with Gasteiger partial charge in [-0.25, -0.2) is 9.97 Å². The molecule has 1 amide bonds. The number of benzene rings is 1. The Morgan fingerprint density at radius 1 is 1.26 bits per heavy atom. The molecule has 34 heavy (non-hydrogen) atoms. The number of amidine groups is 1. The molecule has 2 aliphatic heterocycles. The number of fused-ring (bicyclic) bond motifs is 3. The zero-order valence-corrected chi connectivity index (χ0v) is 19.5. The summed E-state index contributed by atoms with van der Waals surface area (Å²) >= 11 is 0. The average Bonchev–Trinajstić information content (AvgIpc) is 3.75. The highest BCUT2D eigenvalue weighted by atomic mass is 16.5. The number of pyridine rings is 1. The van der Waals surface area contributed by atoms with Gasteiger partial charge in [0.1, 0.15) is 11.6 Å². The van der Waals surface area contributed by atoms with Crippen molar-refractivity contribution >= 4 is 28.5 Å². The third-order valence-electron chi connectivity index (χ3n) is 8.10. The van der Waals surface area contributed by atoms with Crippen molar-refractivity contribution in [2.45, 2.75) is 56.6 Å². The van der Waals surface area contributed by atoms with E-state index in [-0.39, 0.29) is 23.3 Å². The fourth-order valence-corrected chi connectivity index (χ4v) is 5.68. The van der Waals surface area contributed by atoms with Crippen molar-refractivity contribution in [3.8, 4) is 17.1 Å². The van der Waals surface area contributed by atoms with Crippen LogP contribution in [-0.2, 0) is 10.2 Å². The molecule has 1 aromatic carbocycles. The fraction of sp³-hybridized carbons (Fsp3) is 0.462. The first kappa shape index (κ1) is 20.0. The van der Waals surface area contributed by atoms with Crippen LogP contribution in [0, 0.1) is 11.3 Å². The van der Waals surface area contributed by atoms with Crippen LogP contribution in [-0.4, -0.2) is 46.0 Å². The smallest absolute Gasteiger partial charge is 0.241 e. The molecular weight excluding hydrogens is 428 g/mol. The Bertz CT molecular complexity index is 1370. The van der Waals surface area contributed by atoms with Crippen LogP contribution in [0.5, 0.6) is 5.88 Å². The molecule has 0 radical (unpaired) electrons. The van der Waals surface area contributed by atoms with Gasteiger partial charge in [0.15, 0.2) is 0 Å². The Kier molecular flexibility index (Phi) is 4.00. The number of hydrogen-bond acceptors (Lipinski definition) is 5. The van der Waals surface area contributed by atoms with Crippen molar-refractivity contribution in [2.75, 3.05) is 18.5 Å². The summed E-state index contributed by atoms with van der Waals surface area (Å²) in [6.45, 7) is 2.81. The van der Waals surface area contributed by atoms with E-state index >= 15 is 0 Å². The Hall–Kier alpha value is -3.42. The van der Waals surface area contributed by atoms with Crippen molar-refractivity contribution in [1.29, 1.82) is 5.41 Å². The summed E-state index contributed by atoms with van der Waals surface area (Å²) in [5, 5.41) is 11.0. The molecule has 4 aliphatic rings. The Morgan fingerprint density at radius 2 is 2.09 bits per heavy atom. The van der Waals surface area contributed by atoms with Crippen LogP contribution in [0.15, 0.2) is 30.6 Å². The summed E-state index contributed by atoms with van der Waals surface area (Å²) in [7, 11) is 1.87. The van der Waals surface area contributed by atoms with E-state index in [4.69, 9.17) is 20.1 Å². The second-order valence-electron chi connectivity index (χ2n) is 10.4. The number of rotatable bonds is 5. The molecule has 3 aromatic rings. The lowest BCUT2D eigenvalue weighted by atomic mass is 9.96. The minimum Gasteiger partial charge on any atom is -0.473 e. The minimum atomic E-state index is -0.282. The summed E-state index contributed by atoms with van der Waals surface area (Å²) in [6, 6.07) is 8.76. The Balaban J connectivity index is 1.31. The van der Waals surface area contributed by atoms with Crippen LogP contribution in [0.2, 0.25) is 0 Å². The van der Waals surface area contributed by atoms with E-state index in [1.165, 1.54) is 0 Å². The third kappa shape index (κ3) is 2.83. The highest BCUT2D eigenvalue weighted by Gasteiger charge is 2.58. The van der Waals surface area contributed by atoms with Gasteiger partial charge in [-0.2, -0.15) is 0 Å². The molecule has 8 nitrogen and oxygen atoms in total. The first-order chi connectivity index (χ1) is 16.4. The van der Waals surface area contributed by atoms with E-state index in [1.807, 2.05) is 19.4 Å². The number of hydrogen-bond donors (Lipinski definition) is 2. The lowest BCUT2D eigenvalue weighted by molar-refractivity contribution is -0.119. The molecule has 1 saturated heterocycles. The molecule has 8 heteroatoms. The number of anilines is 1. The van der Waals surface area contributed by atoms with Gasteiger partial charge in [0.25, 0.3) is 0 Å². The van der Waals surface area contributed by atoms with E-state index in [1.54, 1.807) is 4.90 Å². The fourth-order valence-electron chi connectivity index (χ4n) is 5.68. The van der Waals surface area contributed by atoms with Crippen molar-refractivity contribution in [3.05, 3.63) is 36.2 Å². The van der Waals surface area contributed by atoms with Gasteiger partial charge in [0.05, 0.1) is 28.8 Å². The van der Waals surface area contributed by atoms with Gasteiger partial charge in [-0.1, -0.05) is 12.1 Å². The maximum Gasteiger partial charge on any atom is 0.241 e. The zero-order chi connectivity index (χ0) is 23.2. The summed E-state index contributed by atoms with van der Waals surface area (Å²) < 4.78 is 8.70. The predicted octanol–water partition coefficient (Wildman–Crippen LogP) is 3.80. The van der Waals surface area contributed by atoms with Crippen LogP contribution in [0.3, 0.4) is 0 Å².